The van der Waals surface area contributed by atoms with Crippen molar-refractivity contribution in [3.8, 4) is 0 Å². The van der Waals surface area contributed by atoms with Gasteiger partial charge in [-0.05, 0) is 43.7 Å². The molecule has 3 rings (SSSR count). The zero-order chi connectivity index (χ0) is 17.6. The number of nitrogens with zero attached hydrogens (tertiary/aromatic N) is 1. The minimum absolute atomic E-state index is 0.130. The van der Waals surface area contributed by atoms with Crippen molar-refractivity contribution in [3.63, 3.8) is 0 Å². The van der Waals surface area contributed by atoms with Crippen molar-refractivity contribution in [2.75, 3.05) is 25.0 Å². The molecule has 1 amide bonds. The SMILES string of the molecule is CCCc1nc2ccccc2c(NC(=O)C[NH+]2CCCCC2)c1CC. The number of carbonyl (C=O) groups excluding carboxylic acids is 1. The molecule has 1 aromatic heterocycles. The van der Waals surface area contributed by atoms with Crippen molar-refractivity contribution < 1.29 is 9.69 Å². The number of piperidine rings is 1. The van der Waals surface area contributed by atoms with Crippen molar-refractivity contribution in [1.29, 1.82) is 0 Å². The lowest BCUT2D eigenvalue weighted by atomic mass is 10.0. The van der Waals surface area contributed by atoms with Crippen molar-refractivity contribution in [3.05, 3.63) is 35.5 Å². The summed E-state index contributed by atoms with van der Waals surface area (Å²) >= 11 is 0. The van der Waals surface area contributed by atoms with Gasteiger partial charge in [0, 0.05) is 11.1 Å². The van der Waals surface area contributed by atoms with Gasteiger partial charge in [-0.25, -0.2) is 0 Å². The van der Waals surface area contributed by atoms with Gasteiger partial charge in [0.1, 0.15) is 0 Å². The number of pyridine rings is 1. The normalized spacial score (nSPS) is 15.4. The molecule has 134 valence electrons. The summed E-state index contributed by atoms with van der Waals surface area (Å²) in [6.45, 7) is 7.13. The third-order valence-corrected chi connectivity index (χ3v) is 5.15. The second-order valence-corrected chi connectivity index (χ2v) is 7.07. The van der Waals surface area contributed by atoms with Crippen LogP contribution in [0.5, 0.6) is 0 Å². The fraction of sp³-hybridized carbons (Fsp3) is 0.524. The number of benzene rings is 1. The minimum atomic E-state index is 0.130. The minimum Gasteiger partial charge on any atom is -0.327 e. The topological polar surface area (TPSA) is 46.4 Å². The number of fused-ring (bicyclic) bond motifs is 1. The number of anilines is 1. The summed E-state index contributed by atoms with van der Waals surface area (Å²) < 4.78 is 0. The number of para-hydroxylation sites is 1. The average Bonchev–Trinajstić information content (AvgIpc) is 2.63. The molecule has 4 heteroatoms. The van der Waals surface area contributed by atoms with Crippen LogP contribution in [0.15, 0.2) is 24.3 Å². The van der Waals surface area contributed by atoms with Gasteiger partial charge in [0.05, 0.1) is 24.3 Å². The largest absolute Gasteiger partial charge is 0.327 e. The van der Waals surface area contributed by atoms with Gasteiger partial charge in [-0.2, -0.15) is 0 Å². The van der Waals surface area contributed by atoms with E-state index in [1.807, 2.05) is 18.2 Å². The van der Waals surface area contributed by atoms with Crippen molar-refractivity contribution in [1.82, 2.24) is 4.98 Å². The Morgan fingerprint density at radius 3 is 2.64 bits per heavy atom. The van der Waals surface area contributed by atoms with Crippen LogP contribution in [0.25, 0.3) is 10.9 Å². The summed E-state index contributed by atoms with van der Waals surface area (Å²) in [4.78, 5) is 19.0. The zero-order valence-corrected chi connectivity index (χ0v) is 15.5. The van der Waals surface area contributed by atoms with Crippen molar-refractivity contribution >= 4 is 22.5 Å². The summed E-state index contributed by atoms with van der Waals surface area (Å²) in [5.41, 5.74) is 4.29. The number of carbonyl (C=O) groups is 1. The lowest BCUT2D eigenvalue weighted by Crippen LogP contribution is -3.13. The summed E-state index contributed by atoms with van der Waals surface area (Å²) in [6, 6.07) is 8.15. The first-order chi connectivity index (χ1) is 12.2. The first kappa shape index (κ1) is 17.9. The van der Waals surface area contributed by atoms with Crippen LogP contribution in [0.1, 0.15) is 50.8 Å². The number of aromatic nitrogens is 1. The third kappa shape index (κ3) is 4.18. The lowest BCUT2D eigenvalue weighted by molar-refractivity contribution is -0.896. The highest BCUT2D eigenvalue weighted by Crippen LogP contribution is 2.29. The molecule has 0 radical (unpaired) electrons. The Balaban J connectivity index is 1.91. The van der Waals surface area contributed by atoms with Crippen LogP contribution in [0.4, 0.5) is 5.69 Å². The molecule has 0 bridgehead atoms. The molecule has 2 aromatic rings. The van der Waals surface area contributed by atoms with Crippen LogP contribution in [0, 0.1) is 0 Å². The number of hydrogen-bond acceptors (Lipinski definition) is 2. The summed E-state index contributed by atoms with van der Waals surface area (Å²) in [6.07, 6.45) is 6.68. The molecule has 2 N–H and O–H groups in total. The van der Waals surface area contributed by atoms with Crippen LogP contribution in [0.3, 0.4) is 0 Å². The van der Waals surface area contributed by atoms with E-state index >= 15 is 0 Å². The van der Waals surface area contributed by atoms with E-state index in [9.17, 15) is 4.79 Å². The Morgan fingerprint density at radius 1 is 1.16 bits per heavy atom. The third-order valence-electron chi connectivity index (χ3n) is 5.15. The van der Waals surface area contributed by atoms with Crippen LogP contribution in [0.2, 0.25) is 0 Å². The molecule has 0 saturated carbocycles. The number of nitrogens with one attached hydrogen (secondary N) is 2. The molecule has 0 aliphatic carbocycles. The molecule has 1 aromatic carbocycles. The Morgan fingerprint density at radius 2 is 1.92 bits per heavy atom. The van der Waals surface area contributed by atoms with Gasteiger partial charge in [0.2, 0.25) is 0 Å². The summed E-state index contributed by atoms with van der Waals surface area (Å²) in [5.74, 6) is 0.130. The molecule has 4 nitrogen and oxygen atoms in total. The Labute approximate surface area is 150 Å². The van der Waals surface area contributed by atoms with E-state index < -0.39 is 0 Å². The fourth-order valence-electron chi connectivity index (χ4n) is 3.91. The van der Waals surface area contributed by atoms with Gasteiger partial charge < -0.3 is 10.2 Å². The summed E-state index contributed by atoms with van der Waals surface area (Å²) in [7, 11) is 0. The number of likely N-dealkylation sites (tertiary alicyclic amines) is 1. The van der Waals surface area contributed by atoms with Crippen LogP contribution in [-0.2, 0) is 17.6 Å². The van der Waals surface area contributed by atoms with E-state index in [0.717, 1.165) is 54.6 Å². The second-order valence-electron chi connectivity index (χ2n) is 7.07. The highest BCUT2D eigenvalue weighted by atomic mass is 16.2. The number of aryl methyl sites for hydroxylation is 1. The fourth-order valence-corrected chi connectivity index (χ4v) is 3.91. The second kappa shape index (κ2) is 8.43. The zero-order valence-electron chi connectivity index (χ0n) is 15.5. The first-order valence-electron chi connectivity index (χ1n) is 9.76. The molecule has 2 heterocycles. The predicted octanol–water partition coefficient (Wildman–Crippen LogP) is 2.76. The van der Waals surface area contributed by atoms with Gasteiger partial charge in [-0.1, -0.05) is 38.5 Å². The van der Waals surface area contributed by atoms with Gasteiger partial charge in [-0.15, -0.1) is 0 Å². The number of rotatable bonds is 6. The average molecular weight is 340 g/mol. The van der Waals surface area contributed by atoms with Crippen LogP contribution in [-0.4, -0.2) is 30.5 Å². The van der Waals surface area contributed by atoms with Crippen molar-refractivity contribution in [2.24, 2.45) is 0 Å². The molecular formula is C21H30N3O+. The Bertz CT molecular complexity index is 735. The molecule has 0 atom stereocenters. The van der Waals surface area contributed by atoms with Crippen LogP contribution < -0.4 is 10.2 Å². The standard InChI is InChI=1S/C21H29N3O/c1-3-10-18-16(4-2)21(17-11-6-7-12-19(17)22-18)23-20(25)15-24-13-8-5-9-14-24/h6-7,11-12H,3-5,8-10,13-15H2,1-2H3,(H,22,23,25)/p+1. The Kier molecular flexibility index (Phi) is 6.03. The van der Waals surface area contributed by atoms with E-state index in [-0.39, 0.29) is 5.91 Å². The van der Waals surface area contributed by atoms with E-state index in [1.54, 1.807) is 0 Å². The quantitative estimate of drug-likeness (QED) is 0.849. The number of amides is 1. The molecule has 1 fully saturated rings. The van der Waals surface area contributed by atoms with Gasteiger partial charge in [-0.3, -0.25) is 9.78 Å². The molecular weight excluding hydrogens is 310 g/mol. The first-order valence-corrected chi connectivity index (χ1v) is 9.76. The molecule has 1 aliphatic rings. The predicted molar refractivity (Wildman–Crippen MR) is 103 cm³/mol. The van der Waals surface area contributed by atoms with Crippen molar-refractivity contribution in [2.45, 2.75) is 52.4 Å². The van der Waals surface area contributed by atoms with E-state index in [2.05, 4.69) is 25.2 Å². The van der Waals surface area contributed by atoms with E-state index in [0.29, 0.717) is 6.54 Å². The number of hydrogen-bond donors (Lipinski definition) is 2. The molecule has 1 aliphatic heterocycles. The lowest BCUT2D eigenvalue weighted by Gasteiger charge is -2.23. The maximum absolute atomic E-state index is 12.7. The maximum Gasteiger partial charge on any atom is 0.279 e. The number of quaternary nitrogens is 1. The molecule has 0 unspecified atom stereocenters. The highest BCUT2D eigenvalue weighted by Gasteiger charge is 2.20. The van der Waals surface area contributed by atoms with Gasteiger partial charge in [0.15, 0.2) is 6.54 Å². The Hall–Kier alpha value is -1.94. The van der Waals surface area contributed by atoms with E-state index in [1.165, 1.54) is 29.7 Å². The van der Waals surface area contributed by atoms with Gasteiger partial charge >= 0.3 is 0 Å². The smallest absolute Gasteiger partial charge is 0.279 e. The van der Waals surface area contributed by atoms with E-state index in [4.69, 9.17) is 4.98 Å². The monoisotopic (exact) mass is 340 g/mol. The summed E-state index contributed by atoms with van der Waals surface area (Å²) in [5, 5.41) is 4.31. The molecule has 0 spiro atoms. The molecule has 25 heavy (non-hydrogen) atoms. The van der Waals surface area contributed by atoms with Crippen LogP contribution >= 0.6 is 0 Å². The van der Waals surface area contributed by atoms with Gasteiger partial charge in [0.25, 0.3) is 5.91 Å². The maximum atomic E-state index is 12.7. The molecule has 1 saturated heterocycles. The highest BCUT2D eigenvalue weighted by molar-refractivity contribution is 6.02.